The Morgan fingerprint density at radius 3 is 2.31 bits per heavy atom. The molecule has 0 saturated heterocycles. The Morgan fingerprint density at radius 1 is 1.03 bits per heavy atom. The zero-order valence-corrected chi connectivity index (χ0v) is 24.1. The molecule has 10 heteroatoms. The lowest BCUT2D eigenvalue weighted by Gasteiger charge is -2.32. The molecule has 1 unspecified atom stereocenters. The standard InChI is InChI=1S/C29H34ClN3O5S/c1-5-17-31-29(35)22(3)32(19-23-13-11-21(2)12-14-23)28(34)20-33(26-18-24(30)15-16-27(26)38-4)39(36,37)25-9-7-6-8-10-25/h6-16,18,22H,5,17,19-20H2,1-4H3,(H,31,35). The molecule has 0 spiro atoms. The van der Waals surface area contributed by atoms with Crippen molar-refractivity contribution in [3.05, 3.63) is 88.9 Å². The maximum Gasteiger partial charge on any atom is 0.264 e. The van der Waals surface area contributed by atoms with Crippen molar-refractivity contribution in [3.63, 3.8) is 0 Å². The largest absolute Gasteiger partial charge is 0.495 e. The van der Waals surface area contributed by atoms with Crippen molar-refractivity contribution in [3.8, 4) is 5.75 Å². The Hall–Kier alpha value is -3.56. The first kappa shape index (κ1) is 30.0. The first-order valence-electron chi connectivity index (χ1n) is 12.6. The number of aryl methyl sites for hydroxylation is 1. The summed E-state index contributed by atoms with van der Waals surface area (Å²) in [6.45, 7) is 5.52. The molecule has 0 saturated carbocycles. The number of carbonyl (C=O) groups is 2. The van der Waals surface area contributed by atoms with E-state index in [1.54, 1.807) is 37.3 Å². The number of ether oxygens (including phenoxy) is 1. The third-order valence-corrected chi connectivity index (χ3v) is 8.22. The number of hydrogen-bond acceptors (Lipinski definition) is 5. The number of halogens is 1. The molecule has 1 N–H and O–H groups in total. The van der Waals surface area contributed by atoms with Crippen LogP contribution in [0.1, 0.15) is 31.4 Å². The number of rotatable bonds is 12. The van der Waals surface area contributed by atoms with Crippen LogP contribution in [-0.2, 0) is 26.2 Å². The van der Waals surface area contributed by atoms with Gasteiger partial charge in [-0.2, -0.15) is 0 Å². The molecule has 1 atom stereocenters. The summed E-state index contributed by atoms with van der Waals surface area (Å²) in [6.07, 6.45) is 0.738. The highest BCUT2D eigenvalue weighted by atomic mass is 35.5. The zero-order chi connectivity index (χ0) is 28.6. The van der Waals surface area contributed by atoms with Crippen LogP contribution in [0.15, 0.2) is 77.7 Å². The summed E-state index contributed by atoms with van der Waals surface area (Å²) in [5, 5.41) is 3.10. The molecule has 8 nitrogen and oxygen atoms in total. The summed E-state index contributed by atoms with van der Waals surface area (Å²) in [5.41, 5.74) is 1.97. The van der Waals surface area contributed by atoms with Gasteiger partial charge in [-0.15, -0.1) is 0 Å². The second kappa shape index (κ2) is 13.5. The maximum atomic E-state index is 13.9. The second-order valence-electron chi connectivity index (χ2n) is 9.12. The second-order valence-corrected chi connectivity index (χ2v) is 11.4. The van der Waals surface area contributed by atoms with E-state index in [-0.39, 0.29) is 33.8 Å². The van der Waals surface area contributed by atoms with Gasteiger partial charge in [0.2, 0.25) is 11.8 Å². The Balaban J connectivity index is 2.07. The fourth-order valence-electron chi connectivity index (χ4n) is 3.96. The summed E-state index contributed by atoms with van der Waals surface area (Å²) >= 11 is 6.25. The van der Waals surface area contributed by atoms with E-state index in [2.05, 4.69) is 5.32 Å². The van der Waals surface area contributed by atoms with Crippen molar-refractivity contribution in [2.75, 3.05) is 24.5 Å². The van der Waals surface area contributed by atoms with E-state index in [1.807, 2.05) is 38.1 Å². The summed E-state index contributed by atoms with van der Waals surface area (Å²) in [7, 11) is -2.82. The third kappa shape index (κ3) is 7.52. The van der Waals surface area contributed by atoms with Crippen LogP contribution in [0.4, 0.5) is 5.69 Å². The average Bonchev–Trinajstić information content (AvgIpc) is 2.94. The van der Waals surface area contributed by atoms with Crippen LogP contribution in [0.2, 0.25) is 5.02 Å². The first-order valence-corrected chi connectivity index (χ1v) is 14.4. The van der Waals surface area contributed by atoms with E-state index in [9.17, 15) is 18.0 Å². The van der Waals surface area contributed by atoms with Crippen LogP contribution in [0, 0.1) is 6.92 Å². The van der Waals surface area contributed by atoms with Gasteiger partial charge in [-0.05, 0) is 56.2 Å². The van der Waals surface area contributed by atoms with Crippen molar-refractivity contribution in [1.82, 2.24) is 10.2 Å². The number of sulfonamides is 1. The number of anilines is 1. The van der Waals surface area contributed by atoms with Gasteiger partial charge in [0.1, 0.15) is 18.3 Å². The smallest absolute Gasteiger partial charge is 0.264 e. The number of methoxy groups -OCH3 is 1. The minimum Gasteiger partial charge on any atom is -0.495 e. The van der Waals surface area contributed by atoms with Crippen LogP contribution < -0.4 is 14.4 Å². The minimum atomic E-state index is -4.22. The fourth-order valence-corrected chi connectivity index (χ4v) is 5.56. The number of carbonyl (C=O) groups excluding carboxylic acids is 2. The van der Waals surface area contributed by atoms with E-state index >= 15 is 0 Å². The molecule has 0 aliphatic carbocycles. The molecule has 208 valence electrons. The lowest BCUT2D eigenvalue weighted by molar-refractivity contribution is -0.139. The van der Waals surface area contributed by atoms with E-state index in [0.717, 1.165) is 21.9 Å². The molecule has 0 fully saturated rings. The van der Waals surface area contributed by atoms with Gasteiger partial charge < -0.3 is 15.0 Å². The molecule has 3 aromatic rings. The van der Waals surface area contributed by atoms with E-state index in [0.29, 0.717) is 6.54 Å². The summed E-state index contributed by atoms with van der Waals surface area (Å²) in [6, 6.07) is 19.1. The fraction of sp³-hybridized carbons (Fsp3) is 0.310. The Bertz CT molecular complexity index is 1380. The quantitative estimate of drug-likeness (QED) is 0.337. The molecule has 0 aromatic heterocycles. The number of benzene rings is 3. The molecule has 39 heavy (non-hydrogen) atoms. The molecule has 0 aliphatic heterocycles. The van der Waals surface area contributed by atoms with Crippen LogP contribution in [0.5, 0.6) is 5.75 Å². The Labute approximate surface area is 235 Å². The Morgan fingerprint density at radius 2 is 1.69 bits per heavy atom. The number of nitrogens with one attached hydrogen (secondary N) is 1. The highest BCUT2D eigenvalue weighted by Crippen LogP contribution is 2.35. The number of nitrogens with zero attached hydrogens (tertiary/aromatic N) is 2. The van der Waals surface area contributed by atoms with Gasteiger partial charge >= 0.3 is 0 Å². The van der Waals surface area contributed by atoms with Crippen LogP contribution in [-0.4, -0.2) is 51.4 Å². The van der Waals surface area contributed by atoms with Crippen molar-refractivity contribution in [2.24, 2.45) is 0 Å². The summed E-state index contributed by atoms with van der Waals surface area (Å²) in [5.74, 6) is -0.656. The molecular formula is C29H34ClN3O5S. The topological polar surface area (TPSA) is 96.0 Å². The lowest BCUT2D eigenvalue weighted by Crippen LogP contribution is -2.51. The average molecular weight is 572 g/mol. The predicted molar refractivity (Wildman–Crippen MR) is 153 cm³/mol. The van der Waals surface area contributed by atoms with Gasteiger partial charge in [0.05, 0.1) is 17.7 Å². The summed E-state index contributed by atoms with van der Waals surface area (Å²) < 4.78 is 34.2. The van der Waals surface area contributed by atoms with E-state index < -0.39 is 28.5 Å². The van der Waals surface area contributed by atoms with E-state index in [4.69, 9.17) is 16.3 Å². The van der Waals surface area contributed by atoms with Crippen LogP contribution in [0.25, 0.3) is 0 Å². The number of amides is 2. The third-order valence-electron chi connectivity index (χ3n) is 6.21. The SMILES string of the molecule is CCCNC(=O)C(C)N(Cc1ccc(C)cc1)C(=O)CN(c1cc(Cl)ccc1OC)S(=O)(=O)c1ccccc1. The van der Waals surface area contributed by atoms with Gasteiger partial charge in [-0.3, -0.25) is 13.9 Å². The molecule has 2 amide bonds. The molecule has 3 aromatic carbocycles. The molecule has 0 radical (unpaired) electrons. The molecular weight excluding hydrogens is 538 g/mol. The number of hydrogen-bond donors (Lipinski definition) is 1. The van der Waals surface area contributed by atoms with Crippen molar-refractivity contribution >= 4 is 39.1 Å². The highest BCUT2D eigenvalue weighted by molar-refractivity contribution is 7.92. The van der Waals surface area contributed by atoms with Gasteiger partial charge in [-0.25, -0.2) is 8.42 Å². The van der Waals surface area contributed by atoms with Crippen molar-refractivity contribution in [1.29, 1.82) is 0 Å². The van der Waals surface area contributed by atoms with Crippen LogP contribution >= 0.6 is 11.6 Å². The zero-order valence-electron chi connectivity index (χ0n) is 22.6. The highest BCUT2D eigenvalue weighted by Gasteiger charge is 2.33. The van der Waals surface area contributed by atoms with Crippen LogP contribution in [0.3, 0.4) is 0 Å². The minimum absolute atomic E-state index is 0.00125. The molecule has 3 rings (SSSR count). The molecule has 0 bridgehead atoms. The first-order chi connectivity index (χ1) is 18.6. The monoisotopic (exact) mass is 571 g/mol. The molecule has 0 aliphatic rings. The summed E-state index contributed by atoms with van der Waals surface area (Å²) in [4.78, 5) is 28.3. The molecule has 0 heterocycles. The Kier molecular flexibility index (Phi) is 10.4. The van der Waals surface area contributed by atoms with Gasteiger partial charge in [0, 0.05) is 18.1 Å². The van der Waals surface area contributed by atoms with E-state index in [1.165, 1.54) is 30.2 Å². The lowest BCUT2D eigenvalue weighted by atomic mass is 10.1. The van der Waals surface area contributed by atoms with Gasteiger partial charge in [0.15, 0.2) is 0 Å². The van der Waals surface area contributed by atoms with Crippen molar-refractivity contribution in [2.45, 2.75) is 44.7 Å². The maximum absolute atomic E-state index is 13.9. The predicted octanol–water partition coefficient (Wildman–Crippen LogP) is 4.80. The van der Waals surface area contributed by atoms with Gasteiger partial charge in [-0.1, -0.05) is 66.6 Å². The van der Waals surface area contributed by atoms with Gasteiger partial charge in [0.25, 0.3) is 10.0 Å². The van der Waals surface area contributed by atoms with Crippen molar-refractivity contribution < 1.29 is 22.7 Å². The normalized spacial score (nSPS) is 11.9.